The number of benzene rings is 2. The summed E-state index contributed by atoms with van der Waals surface area (Å²) in [4.78, 5) is 10.4. The summed E-state index contributed by atoms with van der Waals surface area (Å²) in [6.45, 7) is 2.22. The molecule has 6 nitrogen and oxygen atoms in total. The third kappa shape index (κ3) is 2.32. The first-order chi connectivity index (χ1) is 11.1. The predicted molar refractivity (Wildman–Crippen MR) is 82.3 cm³/mol. The molecule has 0 bridgehead atoms. The molecule has 2 aliphatic rings. The molecular formula is C17H14NO5+. The average molecular weight is 312 g/mol. The van der Waals surface area contributed by atoms with Gasteiger partial charge in [-0.3, -0.25) is 14.5 Å². The second-order valence-electron chi connectivity index (χ2n) is 5.63. The SMILES string of the molecule is CC1Cc2cc3c(cc2C(c2ccc([N+](=O)[O-])cc2)=[O+]1)OCO3. The van der Waals surface area contributed by atoms with Crippen molar-refractivity contribution in [1.82, 2.24) is 0 Å². The van der Waals surface area contributed by atoms with Gasteiger partial charge in [-0.25, -0.2) is 0 Å². The summed E-state index contributed by atoms with van der Waals surface area (Å²) < 4.78 is 16.9. The number of rotatable bonds is 2. The minimum Gasteiger partial charge on any atom is -0.454 e. The van der Waals surface area contributed by atoms with Crippen LogP contribution in [0.1, 0.15) is 28.0 Å². The van der Waals surface area contributed by atoms with Gasteiger partial charge in [0.05, 0.1) is 22.5 Å². The van der Waals surface area contributed by atoms with Crippen LogP contribution in [0, 0.1) is 10.1 Å². The molecule has 0 radical (unpaired) electrons. The van der Waals surface area contributed by atoms with Crippen LogP contribution in [0.4, 0.5) is 5.69 Å². The van der Waals surface area contributed by atoms with Gasteiger partial charge in [0.15, 0.2) is 11.5 Å². The Morgan fingerprint density at radius 1 is 1.17 bits per heavy atom. The van der Waals surface area contributed by atoms with Crippen molar-refractivity contribution in [2.24, 2.45) is 0 Å². The van der Waals surface area contributed by atoms with Crippen LogP contribution in [0.2, 0.25) is 0 Å². The van der Waals surface area contributed by atoms with Crippen LogP contribution in [0.5, 0.6) is 11.5 Å². The third-order valence-corrected chi connectivity index (χ3v) is 4.01. The molecule has 1 atom stereocenters. The largest absolute Gasteiger partial charge is 0.454 e. The van der Waals surface area contributed by atoms with Gasteiger partial charge in [-0.1, -0.05) is 0 Å². The number of nitro groups is 1. The summed E-state index contributed by atoms with van der Waals surface area (Å²) >= 11 is 0. The van der Waals surface area contributed by atoms with Gasteiger partial charge in [0.2, 0.25) is 6.79 Å². The molecule has 2 aromatic carbocycles. The maximum Gasteiger partial charge on any atom is 0.358 e. The van der Waals surface area contributed by atoms with E-state index in [-0.39, 0.29) is 18.6 Å². The number of non-ortho nitro benzene ring substituents is 1. The van der Waals surface area contributed by atoms with Crippen molar-refractivity contribution in [2.75, 3.05) is 6.79 Å². The Hall–Kier alpha value is -2.89. The highest BCUT2D eigenvalue weighted by molar-refractivity contribution is 6.11. The lowest BCUT2D eigenvalue weighted by molar-refractivity contribution is -0.384. The number of ketones is 1. The molecule has 1 unspecified atom stereocenters. The van der Waals surface area contributed by atoms with E-state index in [9.17, 15) is 10.1 Å². The van der Waals surface area contributed by atoms with Crippen LogP contribution in [-0.4, -0.2) is 23.6 Å². The van der Waals surface area contributed by atoms with E-state index in [0.29, 0.717) is 11.5 Å². The van der Waals surface area contributed by atoms with Gasteiger partial charge in [0.1, 0.15) is 0 Å². The van der Waals surface area contributed by atoms with Crippen LogP contribution < -0.4 is 9.47 Å². The lowest BCUT2D eigenvalue weighted by Gasteiger charge is -2.13. The number of carbonyl (C=O) groups excluding carboxylic acids is 1. The molecular weight excluding hydrogens is 298 g/mol. The zero-order valence-electron chi connectivity index (χ0n) is 12.4. The Bertz CT molecular complexity index is 826. The Kier molecular flexibility index (Phi) is 3.04. The Morgan fingerprint density at radius 3 is 2.57 bits per heavy atom. The first-order valence-corrected chi connectivity index (χ1v) is 7.33. The smallest absolute Gasteiger partial charge is 0.358 e. The second kappa shape index (κ2) is 5.08. The third-order valence-electron chi connectivity index (χ3n) is 4.01. The Morgan fingerprint density at radius 2 is 1.87 bits per heavy atom. The minimum absolute atomic E-state index is 0.0214. The molecule has 23 heavy (non-hydrogen) atoms. The summed E-state index contributed by atoms with van der Waals surface area (Å²) in [6.07, 6.45) is 0.802. The van der Waals surface area contributed by atoms with Crippen molar-refractivity contribution in [3.05, 3.63) is 63.2 Å². The number of nitrogens with zero attached hydrogens (tertiary/aromatic N) is 1. The summed E-state index contributed by atoms with van der Waals surface area (Å²) in [5.41, 5.74) is 2.94. The number of nitro benzene ring substituents is 1. The molecule has 0 saturated heterocycles. The lowest BCUT2D eigenvalue weighted by Crippen LogP contribution is -2.20. The molecule has 116 valence electrons. The fraction of sp³-hybridized carbons (Fsp3) is 0.235. The molecule has 4 rings (SSSR count). The van der Waals surface area contributed by atoms with E-state index in [2.05, 4.69) is 0 Å². The Labute approximate surface area is 132 Å². The number of fused-ring (bicyclic) bond motifs is 2. The maximum atomic E-state index is 10.8. The van der Waals surface area contributed by atoms with Crippen molar-refractivity contribution in [2.45, 2.75) is 19.4 Å². The summed E-state index contributed by atoms with van der Waals surface area (Å²) in [5.74, 6) is 2.16. The van der Waals surface area contributed by atoms with Gasteiger partial charge < -0.3 is 9.47 Å². The lowest BCUT2D eigenvalue weighted by atomic mass is 9.92. The van der Waals surface area contributed by atoms with Crippen molar-refractivity contribution >= 4 is 11.5 Å². The molecule has 0 aromatic heterocycles. The van der Waals surface area contributed by atoms with Crippen LogP contribution in [0.3, 0.4) is 0 Å². The molecule has 2 aromatic rings. The highest BCUT2D eigenvalue weighted by atomic mass is 16.7. The normalized spacial score (nSPS) is 18.3. The zero-order chi connectivity index (χ0) is 16.0. The summed E-state index contributed by atoms with van der Waals surface area (Å²) in [5, 5.41) is 10.8. The minimum atomic E-state index is -0.412. The van der Waals surface area contributed by atoms with Gasteiger partial charge in [-0.05, 0) is 23.8 Å². The van der Waals surface area contributed by atoms with Gasteiger partial charge in [0.25, 0.3) is 11.8 Å². The number of hydrogen-bond acceptors (Lipinski definition) is 4. The highest BCUT2D eigenvalue weighted by Gasteiger charge is 2.33. The van der Waals surface area contributed by atoms with Crippen LogP contribution in [-0.2, 0) is 6.42 Å². The van der Waals surface area contributed by atoms with Crippen LogP contribution >= 0.6 is 0 Å². The summed E-state index contributed by atoms with van der Waals surface area (Å²) in [6, 6.07) is 10.3. The van der Waals surface area contributed by atoms with Crippen LogP contribution in [0.25, 0.3) is 0 Å². The fourth-order valence-electron chi connectivity index (χ4n) is 2.94. The molecule has 0 aliphatic carbocycles. The van der Waals surface area contributed by atoms with Gasteiger partial charge in [0, 0.05) is 25.1 Å². The quantitative estimate of drug-likeness (QED) is 0.485. The fourth-order valence-corrected chi connectivity index (χ4v) is 2.94. The van der Waals surface area contributed by atoms with Crippen molar-refractivity contribution in [3.8, 4) is 11.5 Å². The molecule has 0 spiro atoms. The second-order valence-corrected chi connectivity index (χ2v) is 5.63. The van der Waals surface area contributed by atoms with Gasteiger partial charge in [-0.2, -0.15) is 0 Å². The van der Waals surface area contributed by atoms with Crippen molar-refractivity contribution in [1.29, 1.82) is 0 Å². The molecule has 6 heteroatoms. The monoisotopic (exact) mass is 312 g/mol. The molecule has 2 heterocycles. The van der Waals surface area contributed by atoms with E-state index in [1.165, 1.54) is 12.1 Å². The standard InChI is InChI=1S/C17H14NO5/c1-10-6-12-7-15-16(22-9-21-15)8-14(12)17(23-10)11-2-4-13(5-3-11)18(19)20/h2-5,7-8,10H,6,9H2,1H3/q+1. The number of hydrogen-bond donors (Lipinski definition) is 0. The Balaban J connectivity index is 1.81. The predicted octanol–water partition coefficient (Wildman–Crippen LogP) is 3.03. The van der Waals surface area contributed by atoms with Crippen LogP contribution in [0.15, 0.2) is 36.4 Å². The van der Waals surface area contributed by atoms with E-state index in [4.69, 9.17) is 13.9 Å². The summed E-state index contributed by atoms with van der Waals surface area (Å²) in [7, 11) is 0. The first-order valence-electron chi connectivity index (χ1n) is 7.33. The van der Waals surface area contributed by atoms with Gasteiger partial charge >= 0.3 is 5.78 Å². The molecule has 0 saturated carbocycles. The van der Waals surface area contributed by atoms with E-state index in [0.717, 1.165) is 28.9 Å². The van der Waals surface area contributed by atoms with E-state index in [1.54, 1.807) is 12.1 Å². The average Bonchev–Trinajstić information content (AvgIpc) is 2.99. The maximum absolute atomic E-state index is 10.8. The topological polar surface area (TPSA) is 72.9 Å². The van der Waals surface area contributed by atoms with E-state index >= 15 is 0 Å². The molecule has 0 N–H and O–H groups in total. The van der Waals surface area contributed by atoms with Gasteiger partial charge in [-0.15, -0.1) is 0 Å². The first kappa shape index (κ1) is 13.8. The van der Waals surface area contributed by atoms with E-state index in [1.807, 2.05) is 19.1 Å². The molecule has 0 amide bonds. The number of ether oxygens (including phenoxy) is 2. The van der Waals surface area contributed by atoms with E-state index < -0.39 is 4.92 Å². The zero-order valence-corrected chi connectivity index (χ0v) is 12.4. The molecule has 0 fully saturated rings. The van der Waals surface area contributed by atoms with Crippen molar-refractivity contribution in [3.63, 3.8) is 0 Å². The van der Waals surface area contributed by atoms with Crippen molar-refractivity contribution < 1.29 is 18.8 Å². The molecule has 2 aliphatic heterocycles. The highest BCUT2D eigenvalue weighted by Crippen LogP contribution is 2.37.